The summed E-state index contributed by atoms with van der Waals surface area (Å²) in [5.41, 5.74) is 3.72. The fraction of sp³-hybridized carbons (Fsp3) is 0.423. The van der Waals surface area contributed by atoms with E-state index in [1.54, 1.807) is 11.9 Å². The molecule has 34 heavy (non-hydrogen) atoms. The number of rotatable bonds is 7. The van der Waals surface area contributed by atoms with Crippen LogP contribution in [-0.4, -0.2) is 69.1 Å². The van der Waals surface area contributed by atoms with Crippen LogP contribution in [0.1, 0.15) is 18.9 Å². The highest BCUT2D eigenvalue weighted by molar-refractivity contribution is 6.01. The van der Waals surface area contributed by atoms with Gasteiger partial charge in [0.1, 0.15) is 0 Å². The summed E-state index contributed by atoms with van der Waals surface area (Å²) >= 11 is 0. The number of ether oxygens (including phenoxy) is 1. The third-order valence-corrected chi connectivity index (χ3v) is 6.42. The van der Waals surface area contributed by atoms with Gasteiger partial charge in [0.05, 0.1) is 25.7 Å². The van der Waals surface area contributed by atoms with Gasteiger partial charge in [-0.2, -0.15) is 0 Å². The third kappa shape index (κ3) is 5.39. The molecule has 2 aromatic rings. The SMILES string of the molecule is CCc1ccccc1N1CC(C(=O)N(C)CC(=O)Nc2ccc(N3CCOCC3)cc2)CC1=O. The standard InChI is InChI=1S/C26H32N4O4/c1-3-19-6-4-5-7-23(19)30-17-20(16-25(30)32)26(33)28(2)18-24(31)27-21-8-10-22(11-9-21)29-12-14-34-15-13-29/h4-11,20H,3,12-18H2,1-2H3,(H,27,31). The van der Waals surface area contributed by atoms with Gasteiger partial charge < -0.3 is 24.8 Å². The van der Waals surface area contributed by atoms with E-state index >= 15 is 0 Å². The average molecular weight is 465 g/mol. The molecule has 0 spiro atoms. The number of carbonyl (C=O) groups is 3. The Kier molecular flexibility index (Phi) is 7.47. The first kappa shape index (κ1) is 23.8. The molecule has 2 heterocycles. The van der Waals surface area contributed by atoms with Crippen molar-refractivity contribution in [2.45, 2.75) is 19.8 Å². The van der Waals surface area contributed by atoms with Crippen LogP contribution in [0.15, 0.2) is 48.5 Å². The number of amides is 3. The molecular formula is C26H32N4O4. The van der Waals surface area contributed by atoms with Crippen LogP contribution in [0.2, 0.25) is 0 Å². The highest BCUT2D eigenvalue weighted by Gasteiger charge is 2.37. The van der Waals surface area contributed by atoms with Crippen LogP contribution in [0.25, 0.3) is 0 Å². The maximum absolute atomic E-state index is 13.0. The van der Waals surface area contributed by atoms with Gasteiger partial charge in [-0.05, 0) is 42.3 Å². The van der Waals surface area contributed by atoms with Gasteiger partial charge in [0.25, 0.3) is 0 Å². The van der Waals surface area contributed by atoms with Gasteiger partial charge >= 0.3 is 0 Å². The monoisotopic (exact) mass is 464 g/mol. The zero-order chi connectivity index (χ0) is 24.1. The van der Waals surface area contributed by atoms with E-state index in [9.17, 15) is 14.4 Å². The fourth-order valence-corrected chi connectivity index (χ4v) is 4.56. The van der Waals surface area contributed by atoms with Crippen LogP contribution in [0, 0.1) is 5.92 Å². The van der Waals surface area contributed by atoms with Crippen molar-refractivity contribution in [2.75, 3.05) is 61.6 Å². The van der Waals surface area contributed by atoms with E-state index in [1.165, 1.54) is 4.90 Å². The minimum absolute atomic E-state index is 0.0579. The smallest absolute Gasteiger partial charge is 0.243 e. The van der Waals surface area contributed by atoms with E-state index in [2.05, 4.69) is 10.2 Å². The summed E-state index contributed by atoms with van der Waals surface area (Å²) in [4.78, 5) is 43.5. The Balaban J connectivity index is 1.31. The second-order valence-corrected chi connectivity index (χ2v) is 8.78. The number of benzene rings is 2. The quantitative estimate of drug-likeness (QED) is 0.681. The summed E-state index contributed by atoms with van der Waals surface area (Å²) in [5.74, 6) is -0.976. The Morgan fingerprint density at radius 2 is 1.79 bits per heavy atom. The van der Waals surface area contributed by atoms with Crippen molar-refractivity contribution in [2.24, 2.45) is 5.92 Å². The van der Waals surface area contributed by atoms with Gasteiger partial charge in [0, 0.05) is 50.2 Å². The van der Waals surface area contributed by atoms with Gasteiger partial charge in [-0.3, -0.25) is 14.4 Å². The highest BCUT2D eigenvalue weighted by atomic mass is 16.5. The van der Waals surface area contributed by atoms with Crippen LogP contribution in [0.3, 0.4) is 0 Å². The molecular weight excluding hydrogens is 432 g/mol. The van der Waals surface area contributed by atoms with Crippen molar-refractivity contribution in [1.82, 2.24) is 4.90 Å². The number of hydrogen-bond donors (Lipinski definition) is 1. The van der Waals surface area contributed by atoms with E-state index < -0.39 is 5.92 Å². The molecule has 0 saturated carbocycles. The van der Waals surface area contributed by atoms with E-state index in [4.69, 9.17) is 4.74 Å². The Labute approximate surface area is 200 Å². The molecule has 8 heteroatoms. The number of anilines is 3. The molecule has 2 aliphatic heterocycles. The van der Waals surface area contributed by atoms with E-state index in [0.29, 0.717) is 25.4 Å². The Morgan fingerprint density at radius 1 is 1.09 bits per heavy atom. The summed E-state index contributed by atoms with van der Waals surface area (Å²) in [5, 5.41) is 2.85. The molecule has 1 atom stereocenters. The molecule has 1 N–H and O–H groups in total. The maximum atomic E-state index is 13.0. The van der Waals surface area contributed by atoms with Gasteiger partial charge in [-0.25, -0.2) is 0 Å². The van der Waals surface area contributed by atoms with Crippen LogP contribution < -0.4 is 15.1 Å². The van der Waals surface area contributed by atoms with Gasteiger partial charge in [-0.15, -0.1) is 0 Å². The summed E-state index contributed by atoms with van der Waals surface area (Å²) < 4.78 is 5.38. The lowest BCUT2D eigenvalue weighted by molar-refractivity contribution is -0.137. The van der Waals surface area contributed by atoms with Crippen molar-refractivity contribution < 1.29 is 19.1 Å². The Hall–Kier alpha value is -3.39. The molecule has 0 aromatic heterocycles. The van der Waals surface area contributed by atoms with Gasteiger partial charge in [-0.1, -0.05) is 25.1 Å². The molecule has 2 aromatic carbocycles. The number of morpholine rings is 1. The Morgan fingerprint density at radius 3 is 2.50 bits per heavy atom. The first-order valence-electron chi connectivity index (χ1n) is 11.8. The molecule has 3 amide bonds. The molecule has 0 aliphatic carbocycles. The van der Waals surface area contributed by atoms with Crippen LogP contribution in [0.4, 0.5) is 17.1 Å². The highest BCUT2D eigenvalue weighted by Crippen LogP contribution is 2.29. The first-order valence-corrected chi connectivity index (χ1v) is 11.8. The molecule has 0 radical (unpaired) electrons. The van der Waals surface area contributed by atoms with E-state index in [1.807, 2.05) is 55.5 Å². The van der Waals surface area contributed by atoms with Crippen molar-refractivity contribution in [1.29, 1.82) is 0 Å². The molecule has 1 unspecified atom stereocenters. The lowest BCUT2D eigenvalue weighted by Crippen LogP contribution is -2.39. The molecule has 4 rings (SSSR count). The zero-order valence-corrected chi connectivity index (χ0v) is 19.8. The molecule has 8 nitrogen and oxygen atoms in total. The fourth-order valence-electron chi connectivity index (χ4n) is 4.56. The number of para-hydroxylation sites is 1. The van der Waals surface area contributed by atoms with Crippen LogP contribution in [-0.2, 0) is 25.5 Å². The second-order valence-electron chi connectivity index (χ2n) is 8.78. The predicted octanol–water partition coefficient (Wildman–Crippen LogP) is 2.54. The molecule has 2 aliphatic rings. The molecule has 180 valence electrons. The van der Waals surface area contributed by atoms with Gasteiger partial charge in [0.15, 0.2) is 0 Å². The van der Waals surface area contributed by atoms with Crippen LogP contribution in [0.5, 0.6) is 0 Å². The number of nitrogens with one attached hydrogen (secondary N) is 1. The van der Waals surface area contributed by atoms with Crippen molar-refractivity contribution >= 4 is 34.8 Å². The number of carbonyl (C=O) groups excluding carboxylic acids is 3. The summed E-state index contributed by atoms with van der Waals surface area (Å²) in [6, 6.07) is 15.5. The number of aryl methyl sites for hydroxylation is 1. The van der Waals surface area contributed by atoms with Gasteiger partial charge in [0.2, 0.25) is 17.7 Å². The third-order valence-electron chi connectivity index (χ3n) is 6.42. The van der Waals surface area contributed by atoms with Crippen molar-refractivity contribution in [3.05, 3.63) is 54.1 Å². The van der Waals surface area contributed by atoms with E-state index in [0.717, 1.165) is 36.4 Å². The zero-order valence-electron chi connectivity index (χ0n) is 19.8. The summed E-state index contributed by atoms with van der Waals surface area (Å²) in [7, 11) is 1.61. The summed E-state index contributed by atoms with van der Waals surface area (Å²) in [6.45, 7) is 5.45. The number of likely N-dealkylation sites (N-methyl/N-ethyl adjacent to an activating group) is 1. The topological polar surface area (TPSA) is 82.2 Å². The lowest BCUT2D eigenvalue weighted by Gasteiger charge is -2.29. The maximum Gasteiger partial charge on any atom is 0.243 e. The number of nitrogens with zero attached hydrogens (tertiary/aromatic N) is 3. The van der Waals surface area contributed by atoms with Crippen molar-refractivity contribution in [3.8, 4) is 0 Å². The second kappa shape index (κ2) is 10.7. The largest absolute Gasteiger partial charge is 0.378 e. The normalized spacial score (nSPS) is 18.2. The van der Waals surface area contributed by atoms with Crippen LogP contribution >= 0.6 is 0 Å². The number of hydrogen-bond acceptors (Lipinski definition) is 5. The Bertz CT molecular complexity index is 1030. The van der Waals surface area contributed by atoms with Crippen molar-refractivity contribution in [3.63, 3.8) is 0 Å². The molecule has 0 bridgehead atoms. The first-order chi connectivity index (χ1) is 16.5. The predicted molar refractivity (Wildman–Crippen MR) is 132 cm³/mol. The lowest BCUT2D eigenvalue weighted by atomic mass is 10.1. The van der Waals surface area contributed by atoms with E-state index in [-0.39, 0.29) is 30.7 Å². The average Bonchev–Trinajstić information content (AvgIpc) is 3.25. The minimum atomic E-state index is -0.456. The molecule has 2 fully saturated rings. The molecule has 2 saturated heterocycles. The minimum Gasteiger partial charge on any atom is -0.378 e. The summed E-state index contributed by atoms with van der Waals surface area (Å²) in [6.07, 6.45) is 0.970.